The number of carbonyl (C=O) groups excluding carboxylic acids is 1. The lowest BCUT2D eigenvalue weighted by Gasteiger charge is -2.46. The minimum Gasteiger partial charge on any atom is -0.478 e. The Kier molecular flexibility index (Phi) is 6.11. The van der Waals surface area contributed by atoms with Crippen LogP contribution in [0.2, 0.25) is 0 Å². The smallest absolute Gasteiger partial charge is 0.328 e. The predicted octanol–water partition coefficient (Wildman–Crippen LogP) is 3.81. The van der Waals surface area contributed by atoms with Crippen molar-refractivity contribution in [3.8, 4) is 0 Å². The Morgan fingerprint density at radius 3 is 2.48 bits per heavy atom. The number of unbranched alkanes of at least 4 members (excludes halogenated alkanes) is 1. The largest absolute Gasteiger partial charge is 0.478 e. The molecule has 1 rings (SSSR count). The van der Waals surface area contributed by atoms with E-state index >= 15 is 0 Å². The molecule has 0 saturated carbocycles. The van der Waals surface area contributed by atoms with E-state index in [1.54, 1.807) is 19.1 Å². The van der Waals surface area contributed by atoms with Gasteiger partial charge in [-0.3, -0.25) is 4.79 Å². The molecular formula is C19H28O4. The number of hydrogen-bond acceptors (Lipinski definition) is 3. The molecule has 0 saturated heterocycles. The summed E-state index contributed by atoms with van der Waals surface area (Å²) in [6.07, 6.45) is 7.21. The average molecular weight is 320 g/mol. The molecular weight excluding hydrogens is 292 g/mol. The lowest BCUT2D eigenvalue weighted by Crippen LogP contribution is -2.49. The average Bonchev–Trinajstić information content (AvgIpc) is 2.42. The lowest BCUT2D eigenvalue weighted by molar-refractivity contribution is -0.131. The van der Waals surface area contributed by atoms with E-state index in [4.69, 9.17) is 5.11 Å². The van der Waals surface area contributed by atoms with Crippen LogP contribution >= 0.6 is 0 Å². The molecule has 128 valence electrons. The van der Waals surface area contributed by atoms with E-state index in [1.165, 1.54) is 0 Å². The highest BCUT2D eigenvalue weighted by Gasteiger charge is 2.49. The summed E-state index contributed by atoms with van der Waals surface area (Å²) < 4.78 is 0. The number of Topliss-reactive ketones (excluding diaryl/α,β-unsaturated/α-hetero) is 1. The maximum Gasteiger partial charge on any atom is 0.328 e. The number of carboxylic acids is 1. The Morgan fingerprint density at radius 1 is 1.35 bits per heavy atom. The molecule has 0 aromatic carbocycles. The summed E-state index contributed by atoms with van der Waals surface area (Å²) in [5.41, 5.74) is 0.0629. The molecule has 4 nitrogen and oxygen atoms in total. The standard InChI is InChI=1S/C19H28O4/c1-6-7-8-15-14(3)19(23,18(4,5)12-16(15)20)10-9-13(2)11-17(21)22/h9-11,23H,6-8,12H2,1-5H3,(H,21,22)/t19-/m1/s1. The van der Waals surface area contributed by atoms with Crippen LogP contribution in [0.25, 0.3) is 0 Å². The molecule has 1 atom stereocenters. The van der Waals surface area contributed by atoms with E-state index in [-0.39, 0.29) is 12.2 Å². The first kappa shape index (κ1) is 19.4. The van der Waals surface area contributed by atoms with E-state index in [1.807, 2.05) is 20.8 Å². The van der Waals surface area contributed by atoms with Crippen molar-refractivity contribution in [1.82, 2.24) is 0 Å². The molecule has 0 aromatic rings. The molecule has 0 spiro atoms. The third kappa shape index (κ3) is 4.20. The summed E-state index contributed by atoms with van der Waals surface area (Å²) in [4.78, 5) is 23.1. The number of ketones is 1. The molecule has 0 heterocycles. The Hall–Kier alpha value is -1.68. The molecule has 23 heavy (non-hydrogen) atoms. The summed E-state index contributed by atoms with van der Waals surface area (Å²) in [5.74, 6) is -0.912. The van der Waals surface area contributed by atoms with E-state index < -0.39 is 17.0 Å². The lowest BCUT2D eigenvalue weighted by atomic mass is 9.62. The zero-order valence-corrected chi connectivity index (χ0v) is 14.8. The number of allylic oxidation sites excluding steroid dienone is 3. The van der Waals surface area contributed by atoms with Gasteiger partial charge in [0.05, 0.1) is 0 Å². The van der Waals surface area contributed by atoms with Gasteiger partial charge >= 0.3 is 5.97 Å². The zero-order chi connectivity index (χ0) is 17.8. The molecule has 0 aromatic heterocycles. The van der Waals surface area contributed by atoms with E-state index in [9.17, 15) is 14.7 Å². The van der Waals surface area contributed by atoms with Gasteiger partial charge < -0.3 is 10.2 Å². The topological polar surface area (TPSA) is 74.6 Å². The third-order valence-electron chi connectivity index (χ3n) is 4.71. The van der Waals surface area contributed by atoms with Crippen LogP contribution in [0.3, 0.4) is 0 Å². The zero-order valence-electron chi connectivity index (χ0n) is 14.8. The number of carbonyl (C=O) groups is 2. The second-order valence-corrected chi connectivity index (χ2v) is 7.02. The van der Waals surface area contributed by atoms with Gasteiger partial charge in [0, 0.05) is 17.9 Å². The van der Waals surface area contributed by atoms with Gasteiger partial charge in [-0.05, 0) is 49.5 Å². The summed E-state index contributed by atoms with van der Waals surface area (Å²) in [6, 6.07) is 0. The van der Waals surface area contributed by atoms with Crippen molar-refractivity contribution < 1.29 is 19.8 Å². The first-order chi connectivity index (χ1) is 10.5. The maximum absolute atomic E-state index is 12.4. The van der Waals surface area contributed by atoms with Crippen molar-refractivity contribution in [2.24, 2.45) is 5.41 Å². The van der Waals surface area contributed by atoms with Crippen molar-refractivity contribution in [2.45, 2.75) is 65.9 Å². The van der Waals surface area contributed by atoms with Crippen LogP contribution in [0.15, 0.2) is 34.9 Å². The first-order valence-corrected chi connectivity index (χ1v) is 8.11. The van der Waals surface area contributed by atoms with Gasteiger partial charge in [0.2, 0.25) is 0 Å². The highest BCUT2D eigenvalue weighted by molar-refractivity contribution is 5.98. The Bertz CT molecular complexity index is 578. The van der Waals surface area contributed by atoms with Crippen LogP contribution in [0, 0.1) is 5.41 Å². The number of aliphatic hydroxyl groups is 1. The van der Waals surface area contributed by atoms with Crippen molar-refractivity contribution in [3.05, 3.63) is 34.9 Å². The van der Waals surface area contributed by atoms with Gasteiger partial charge in [0.15, 0.2) is 5.78 Å². The minimum absolute atomic E-state index is 0.108. The minimum atomic E-state index is -1.25. The molecule has 0 unspecified atom stereocenters. The number of hydrogen-bond donors (Lipinski definition) is 2. The van der Waals surface area contributed by atoms with Crippen molar-refractivity contribution >= 4 is 11.8 Å². The second-order valence-electron chi connectivity index (χ2n) is 7.02. The normalized spacial score (nSPS) is 25.3. The summed E-state index contributed by atoms with van der Waals surface area (Å²) in [5, 5.41) is 20.1. The summed E-state index contributed by atoms with van der Waals surface area (Å²) in [7, 11) is 0. The molecule has 0 aliphatic heterocycles. The Morgan fingerprint density at radius 2 is 1.96 bits per heavy atom. The molecule has 0 fully saturated rings. The fourth-order valence-electron chi connectivity index (χ4n) is 3.12. The van der Waals surface area contributed by atoms with Crippen LogP contribution < -0.4 is 0 Å². The van der Waals surface area contributed by atoms with Crippen LogP contribution in [0.4, 0.5) is 0 Å². The van der Waals surface area contributed by atoms with Gasteiger partial charge in [-0.2, -0.15) is 0 Å². The highest BCUT2D eigenvalue weighted by atomic mass is 16.4. The molecule has 0 amide bonds. The number of carboxylic acid groups (broad SMARTS) is 1. The molecule has 4 heteroatoms. The molecule has 1 aliphatic carbocycles. The summed E-state index contributed by atoms with van der Waals surface area (Å²) in [6.45, 7) is 9.28. The predicted molar refractivity (Wildman–Crippen MR) is 91.1 cm³/mol. The highest BCUT2D eigenvalue weighted by Crippen LogP contribution is 2.47. The fraction of sp³-hybridized carbons (Fsp3) is 0.579. The summed E-state index contributed by atoms with van der Waals surface area (Å²) >= 11 is 0. The quantitative estimate of drug-likeness (QED) is 0.576. The Labute approximate surface area is 138 Å². The Balaban J connectivity index is 3.31. The fourth-order valence-corrected chi connectivity index (χ4v) is 3.12. The van der Waals surface area contributed by atoms with E-state index in [0.29, 0.717) is 17.6 Å². The van der Waals surface area contributed by atoms with Gasteiger partial charge in [-0.1, -0.05) is 33.3 Å². The van der Waals surface area contributed by atoms with Gasteiger partial charge in [-0.25, -0.2) is 4.79 Å². The van der Waals surface area contributed by atoms with Crippen LogP contribution in [0.5, 0.6) is 0 Å². The molecule has 1 aliphatic rings. The van der Waals surface area contributed by atoms with E-state index in [2.05, 4.69) is 6.92 Å². The van der Waals surface area contributed by atoms with Crippen molar-refractivity contribution in [2.75, 3.05) is 0 Å². The SMILES string of the molecule is CCCCC1=C(C)[C@](O)(C=CC(C)=CC(=O)O)C(C)(C)CC1=O. The first-order valence-electron chi connectivity index (χ1n) is 8.11. The van der Waals surface area contributed by atoms with Crippen LogP contribution in [0.1, 0.15) is 60.3 Å². The molecule has 0 radical (unpaired) electrons. The third-order valence-corrected chi connectivity index (χ3v) is 4.71. The van der Waals surface area contributed by atoms with Gasteiger partial charge in [0.25, 0.3) is 0 Å². The van der Waals surface area contributed by atoms with Gasteiger partial charge in [0.1, 0.15) is 5.60 Å². The van der Waals surface area contributed by atoms with Crippen molar-refractivity contribution in [3.63, 3.8) is 0 Å². The van der Waals surface area contributed by atoms with Crippen LogP contribution in [-0.2, 0) is 9.59 Å². The second kappa shape index (κ2) is 7.26. The van der Waals surface area contributed by atoms with Crippen LogP contribution in [-0.4, -0.2) is 27.6 Å². The monoisotopic (exact) mass is 320 g/mol. The molecule has 2 N–H and O–H groups in total. The number of aliphatic carboxylic acids is 1. The maximum atomic E-state index is 12.4. The van der Waals surface area contributed by atoms with E-state index in [0.717, 1.165) is 24.5 Å². The van der Waals surface area contributed by atoms with Gasteiger partial charge in [-0.15, -0.1) is 0 Å². The van der Waals surface area contributed by atoms with Crippen molar-refractivity contribution in [1.29, 1.82) is 0 Å². The number of rotatable bonds is 6. The molecule has 0 bridgehead atoms.